The monoisotopic (exact) mass is 408 g/mol. The Morgan fingerprint density at radius 3 is 2.10 bits per heavy atom. The van der Waals surface area contributed by atoms with Gasteiger partial charge in [0, 0.05) is 4.83 Å². The van der Waals surface area contributed by atoms with E-state index in [9.17, 15) is 0 Å². The minimum Gasteiger partial charge on any atom is -0.0839 e. The smallest absolute Gasteiger partial charge is 0.0503 e. The molecule has 0 N–H and O–H groups in total. The number of halogens is 2. The third-order valence-corrected chi connectivity index (χ3v) is 6.45. The van der Waals surface area contributed by atoms with Crippen molar-refractivity contribution < 1.29 is 0 Å². The quantitative estimate of drug-likeness (QED) is 0.432. The molecule has 2 atom stereocenters. The fraction of sp³-hybridized carbons (Fsp3) is 0.368. The molecule has 2 rings (SSSR count). The molecule has 21 heavy (non-hydrogen) atoms. The minimum atomic E-state index is 0.109. The van der Waals surface area contributed by atoms with E-state index < -0.39 is 0 Å². The fourth-order valence-electron chi connectivity index (χ4n) is 2.65. The van der Waals surface area contributed by atoms with Crippen molar-refractivity contribution >= 4 is 31.9 Å². The zero-order chi connectivity index (χ0) is 15.1. The van der Waals surface area contributed by atoms with Crippen LogP contribution in [-0.2, 0) is 4.32 Å². The highest BCUT2D eigenvalue weighted by atomic mass is 79.9. The second-order valence-corrected chi connectivity index (χ2v) is 8.08. The second kappa shape index (κ2) is 8.14. The normalized spacial score (nSPS) is 15.4. The first-order valence-electron chi connectivity index (χ1n) is 7.59. The predicted molar refractivity (Wildman–Crippen MR) is 99.3 cm³/mol. The van der Waals surface area contributed by atoms with Crippen LogP contribution in [0.15, 0.2) is 60.7 Å². The van der Waals surface area contributed by atoms with Crippen LogP contribution >= 0.6 is 31.9 Å². The largest absolute Gasteiger partial charge is 0.0839 e. The van der Waals surface area contributed by atoms with Crippen LogP contribution in [-0.4, -0.2) is 0 Å². The van der Waals surface area contributed by atoms with Crippen molar-refractivity contribution in [3.05, 3.63) is 71.8 Å². The highest BCUT2D eigenvalue weighted by Crippen LogP contribution is 2.41. The maximum Gasteiger partial charge on any atom is 0.0503 e. The molecule has 0 aliphatic heterocycles. The number of hydrogen-bond acceptors (Lipinski definition) is 0. The Labute approximate surface area is 145 Å². The molecule has 0 bridgehead atoms. The lowest BCUT2D eigenvalue weighted by Gasteiger charge is -2.27. The van der Waals surface area contributed by atoms with Crippen molar-refractivity contribution in [2.24, 2.45) is 0 Å². The summed E-state index contributed by atoms with van der Waals surface area (Å²) >= 11 is 7.80. The van der Waals surface area contributed by atoms with Crippen molar-refractivity contribution in [1.82, 2.24) is 0 Å². The summed E-state index contributed by atoms with van der Waals surface area (Å²) in [7, 11) is 0. The average Bonchev–Trinajstić information content (AvgIpc) is 2.56. The van der Waals surface area contributed by atoms with E-state index in [1.165, 1.54) is 17.5 Å². The SMILES string of the molecule is CCC(Br)(CCCC(Br)c1ccccc1)c1ccccc1. The highest BCUT2D eigenvalue weighted by Gasteiger charge is 2.26. The van der Waals surface area contributed by atoms with Gasteiger partial charge in [0.05, 0.1) is 4.32 Å². The van der Waals surface area contributed by atoms with Crippen molar-refractivity contribution in [2.45, 2.75) is 41.8 Å². The summed E-state index contributed by atoms with van der Waals surface area (Å²) in [6, 6.07) is 21.4. The lowest BCUT2D eigenvalue weighted by Crippen LogP contribution is -2.16. The number of hydrogen-bond donors (Lipinski definition) is 0. The van der Waals surface area contributed by atoms with Crippen LogP contribution in [0.2, 0.25) is 0 Å². The summed E-state index contributed by atoms with van der Waals surface area (Å²) in [5, 5.41) is 0. The zero-order valence-electron chi connectivity index (χ0n) is 12.4. The van der Waals surface area contributed by atoms with E-state index in [0.717, 1.165) is 19.3 Å². The Kier molecular flexibility index (Phi) is 6.50. The highest BCUT2D eigenvalue weighted by molar-refractivity contribution is 9.09. The first-order chi connectivity index (χ1) is 10.2. The molecule has 2 aromatic rings. The summed E-state index contributed by atoms with van der Waals surface area (Å²) in [4.78, 5) is 0.447. The van der Waals surface area contributed by atoms with Gasteiger partial charge < -0.3 is 0 Å². The Balaban J connectivity index is 1.92. The Morgan fingerprint density at radius 1 is 0.952 bits per heavy atom. The maximum atomic E-state index is 3.98. The van der Waals surface area contributed by atoms with Gasteiger partial charge in [-0.3, -0.25) is 0 Å². The molecule has 0 amide bonds. The zero-order valence-corrected chi connectivity index (χ0v) is 15.6. The topological polar surface area (TPSA) is 0 Å². The molecule has 0 nitrogen and oxygen atoms in total. The first kappa shape index (κ1) is 16.8. The van der Waals surface area contributed by atoms with Gasteiger partial charge >= 0.3 is 0 Å². The second-order valence-electron chi connectivity index (χ2n) is 5.46. The van der Waals surface area contributed by atoms with Gasteiger partial charge in [-0.2, -0.15) is 0 Å². The van der Waals surface area contributed by atoms with Crippen LogP contribution in [0.5, 0.6) is 0 Å². The van der Waals surface area contributed by atoms with E-state index in [0.29, 0.717) is 4.83 Å². The summed E-state index contributed by atoms with van der Waals surface area (Å²) in [5.74, 6) is 0. The molecule has 0 heterocycles. The van der Waals surface area contributed by atoms with Gasteiger partial charge in [0.15, 0.2) is 0 Å². The molecule has 112 valence electrons. The van der Waals surface area contributed by atoms with Crippen molar-refractivity contribution in [1.29, 1.82) is 0 Å². The molecule has 0 aromatic heterocycles. The Bertz CT molecular complexity index is 524. The summed E-state index contributed by atoms with van der Waals surface area (Å²) in [5.41, 5.74) is 2.76. The van der Waals surface area contributed by atoms with Crippen LogP contribution < -0.4 is 0 Å². The minimum absolute atomic E-state index is 0.109. The molecule has 0 saturated heterocycles. The number of alkyl halides is 2. The van der Waals surface area contributed by atoms with E-state index in [-0.39, 0.29) is 4.32 Å². The molecule has 0 fully saturated rings. The van der Waals surface area contributed by atoms with Gasteiger partial charge in [-0.15, -0.1) is 0 Å². The summed E-state index contributed by atoms with van der Waals surface area (Å²) in [6.07, 6.45) is 4.61. The molecular weight excluding hydrogens is 388 g/mol. The molecule has 0 radical (unpaired) electrons. The fourth-order valence-corrected chi connectivity index (χ4v) is 3.83. The van der Waals surface area contributed by atoms with E-state index in [1.54, 1.807) is 0 Å². The molecule has 0 saturated carbocycles. The molecule has 0 aliphatic rings. The lowest BCUT2D eigenvalue weighted by molar-refractivity contribution is 0.522. The lowest BCUT2D eigenvalue weighted by atomic mass is 9.90. The third kappa shape index (κ3) is 4.69. The summed E-state index contributed by atoms with van der Waals surface area (Å²) in [6.45, 7) is 2.25. The van der Waals surface area contributed by atoms with Crippen LogP contribution in [0.3, 0.4) is 0 Å². The third-order valence-electron chi connectivity index (χ3n) is 4.04. The van der Waals surface area contributed by atoms with Crippen molar-refractivity contribution in [2.75, 3.05) is 0 Å². The van der Waals surface area contributed by atoms with Gasteiger partial charge in [0.25, 0.3) is 0 Å². The van der Waals surface area contributed by atoms with Gasteiger partial charge in [0.1, 0.15) is 0 Å². The number of rotatable bonds is 7. The van der Waals surface area contributed by atoms with E-state index >= 15 is 0 Å². The molecule has 2 aromatic carbocycles. The average molecular weight is 410 g/mol. The van der Waals surface area contributed by atoms with Crippen LogP contribution in [0.25, 0.3) is 0 Å². The molecule has 0 spiro atoms. The Hall–Kier alpha value is -0.600. The Morgan fingerprint density at radius 2 is 1.52 bits per heavy atom. The standard InChI is InChI=1S/C19H22Br2/c1-2-19(21,17-12-7-4-8-13-17)15-9-14-18(20)16-10-5-3-6-11-16/h3-8,10-13,18H,2,9,14-15H2,1H3. The van der Waals surface area contributed by atoms with E-state index in [1.807, 2.05) is 0 Å². The predicted octanol–water partition coefficient (Wildman–Crippen LogP) is 6.99. The van der Waals surface area contributed by atoms with E-state index in [4.69, 9.17) is 0 Å². The van der Waals surface area contributed by atoms with Crippen LogP contribution in [0.1, 0.15) is 48.6 Å². The number of benzene rings is 2. The molecule has 2 heteroatoms. The molecular formula is C19H22Br2. The van der Waals surface area contributed by atoms with Gasteiger partial charge in [0.2, 0.25) is 0 Å². The molecule has 0 aliphatic carbocycles. The van der Waals surface area contributed by atoms with Gasteiger partial charge in [-0.05, 0) is 30.4 Å². The maximum absolute atomic E-state index is 3.98. The van der Waals surface area contributed by atoms with Crippen molar-refractivity contribution in [3.8, 4) is 0 Å². The van der Waals surface area contributed by atoms with Gasteiger partial charge in [-0.1, -0.05) is 106 Å². The van der Waals surface area contributed by atoms with Gasteiger partial charge in [-0.25, -0.2) is 0 Å². The van der Waals surface area contributed by atoms with Crippen LogP contribution in [0, 0.1) is 0 Å². The van der Waals surface area contributed by atoms with E-state index in [2.05, 4.69) is 99.4 Å². The summed E-state index contributed by atoms with van der Waals surface area (Å²) < 4.78 is 0.109. The molecule has 2 unspecified atom stereocenters. The first-order valence-corrected chi connectivity index (χ1v) is 9.30. The van der Waals surface area contributed by atoms with Crippen LogP contribution in [0.4, 0.5) is 0 Å². The van der Waals surface area contributed by atoms with Crippen molar-refractivity contribution in [3.63, 3.8) is 0 Å².